The van der Waals surface area contributed by atoms with E-state index in [-0.39, 0.29) is 11.9 Å². The summed E-state index contributed by atoms with van der Waals surface area (Å²) in [5.41, 5.74) is 13.8. The van der Waals surface area contributed by atoms with Gasteiger partial charge in [0.1, 0.15) is 6.61 Å². The molecule has 0 saturated heterocycles. The van der Waals surface area contributed by atoms with Gasteiger partial charge in [-0.3, -0.25) is 4.84 Å². The van der Waals surface area contributed by atoms with Crippen LogP contribution < -0.4 is 11.5 Å². The largest absolute Gasteiger partial charge is 0.368 e. The molecule has 2 aromatic rings. The van der Waals surface area contributed by atoms with Gasteiger partial charge in [-0.05, 0) is 37.1 Å². The van der Waals surface area contributed by atoms with Gasteiger partial charge in [-0.15, -0.1) is 0 Å². The van der Waals surface area contributed by atoms with Crippen molar-refractivity contribution in [3.63, 3.8) is 0 Å². The molecule has 3 rings (SSSR count). The second-order valence-electron chi connectivity index (χ2n) is 6.18. The highest BCUT2D eigenvalue weighted by Crippen LogP contribution is 2.28. The van der Waals surface area contributed by atoms with Crippen LogP contribution in [-0.2, 0) is 11.4 Å². The predicted molar refractivity (Wildman–Crippen MR) is 101 cm³/mol. The average Bonchev–Trinajstić information content (AvgIpc) is 2.53. The highest BCUT2D eigenvalue weighted by Gasteiger charge is 2.33. The molecule has 25 heavy (non-hydrogen) atoms. The number of aliphatic imine (C=N–C) groups is 2. The van der Waals surface area contributed by atoms with Crippen LogP contribution in [0.3, 0.4) is 0 Å². The maximum absolute atomic E-state index is 6.28. The van der Waals surface area contributed by atoms with Gasteiger partial charge >= 0.3 is 0 Å². The number of rotatable bonds is 4. The normalized spacial score (nSPS) is 16.4. The van der Waals surface area contributed by atoms with Gasteiger partial charge in [-0.1, -0.05) is 48.0 Å². The molecule has 2 aromatic carbocycles. The first kappa shape index (κ1) is 17.3. The summed E-state index contributed by atoms with van der Waals surface area (Å²) in [7, 11) is 0. The summed E-state index contributed by atoms with van der Waals surface area (Å²) in [5, 5.41) is 2.17. The van der Waals surface area contributed by atoms with Crippen molar-refractivity contribution in [2.24, 2.45) is 21.5 Å². The van der Waals surface area contributed by atoms with Gasteiger partial charge in [0.25, 0.3) is 0 Å². The van der Waals surface area contributed by atoms with Gasteiger partial charge in [-0.25, -0.2) is 4.99 Å². The van der Waals surface area contributed by atoms with Crippen molar-refractivity contribution in [3.05, 3.63) is 59.1 Å². The molecule has 0 amide bonds. The van der Waals surface area contributed by atoms with Gasteiger partial charge in [0, 0.05) is 10.6 Å². The van der Waals surface area contributed by atoms with Crippen molar-refractivity contribution in [2.45, 2.75) is 26.1 Å². The average molecular weight is 358 g/mol. The van der Waals surface area contributed by atoms with E-state index >= 15 is 0 Å². The fraction of sp³-hybridized carbons (Fsp3) is 0.222. The van der Waals surface area contributed by atoms with Gasteiger partial charge in [0.15, 0.2) is 5.66 Å². The van der Waals surface area contributed by atoms with E-state index in [1.165, 1.54) is 5.06 Å². The van der Waals surface area contributed by atoms with E-state index in [2.05, 4.69) is 9.98 Å². The lowest BCUT2D eigenvalue weighted by Crippen LogP contribution is -2.53. The maximum Gasteiger partial charge on any atom is 0.226 e. The number of hydrogen-bond acceptors (Lipinski definition) is 6. The molecule has 4 N–H and O–H groups in total. The Morgan fingerprint density at radius 3 is 2.60 bits per heavy atom. The molecule has 0 fully saturated rings. The van der Waals surface area contributed by atoms with E-state index in [1.807, 2.05) is 62.4 Å². The highest BCUT2D eigenvalue weighted by molar-refractivity contribution is 6.33. The summed E-state index contributed by atoms with van der Waals surface area (Å²) in [6, 6.07) is 15.7. The van der Waals surface area contributed by atoms with Crippen LogP contribution in [0.25, 0.3) is 11.1 Å². The van der Waals surface area contributed by atoms with E-state index in [4.69, 9.17) is 27.9 Å². The molecular formula is C18H20ClN5O. The first-order valence-electron chi connectivity index (χ1n) is 7.83. The second kappa shape index (κ2) is 6.74. The quantitative estimate of drug-likeness (QED) is 0.879. The van der Waals surface area contributed by atoms with E-state index < -0.39 is 5.66 Å². The Morgan fingerprint density at radius 1 is 1.12 bits per heavy atom. The maximum atomic E-state index is 6.28. The Balaban J connectivity index is 1.78. The van der Waals surface area contributed by atoms with Crippen LogP contribution in [0, 0.1) is 0 Å². The van der Waals surface area contributed by atoms with Crippen LogP contribution in [-0.4, -0.2) is 22.6 Å². The molecule has 1 aliphatic rings. The van der Waals surface area contributed by atoms with Crippen LogP contribution in [0.2, 0.25) is 5.02 Å². The molecule has 0 unspecified atom stereocenters. The number of nitrogens with zero attached hydrogens (tertiary/aromatic N) is 3. The monoisotopic (exact) mass is 357 g/mol. The van der Waals surface area contributed by atoms with Crippen LogP contribution in [0.5, 0.6) is 0 Å². The number of guanidine groups is 2. The molecule has 1 aliphatic heterocycles. The molecule has 0 aromatic heterocycles. The molecule has 6 nitrogen and oxygen atoms in total. The molecular weight excluding hydrogens is 338 g/mol. The summed E-state index contributed by atoms with van der Waals surface area (Å²) in [6.45, 7) is 4.01. The summed E-state index contributed by atoms with van der Waals surface area (Å²) in [6.07, 6.45) is 0. The number of hydrogen-bond donors (Lipinski definition) is 2. The van der Waals surface area contributed by atoms with Crippen molar-refractivity contribution >= 4 is 23.5 Å². The van der Waals surface area contributed by atoms with Crippen molar-refractivity contribution in [2.75, 3.05) is 0 Å². The first-order valence-corrected chi connectivity index (χ1v) is 8.21. The van der Waals surface area contributed by atoms with Crippen LogP contribution in [0.15, 0.2) is 58.5 Å². The van der Waals surface area contributed by atoms with E-state index in [1.54, 1.807) is 0 Å². The third kappa shape index (κ3) is 3.75. The van der Waals surface area contributed by atoms with Gasteiger partial charge in [-0.2, -0.15) is 10.1 Å². The molecule has 1 heterocycles. The highest BCUT2D eigenvalue weighted by atomic mass is 35.5. The minimum absolute atomic E-state index is 0.142. The zero-order chi connectivity index (χ0) is 18.0. The van der Waals surface area contributed by atoms with Crippen LogP contribution in [0.1, 0.15) is 19.4 Å². The summed E-state index contributed by atoms with van der Waals surface area (Å²) in [4.78, 5) is 14.0. The zero-order valence-electron chi connectivity index (χ0n) is 14.1. The zero-order valence-corrected chi connectivity index (χ0v) is 14.9. The van der Waals surface area contributed by atoms with Gasteiger partial charge in [0.05, 0.1) is 0 Å². The second-order valence-corrected chi connectivity index (χ2v) is 6.59. The van der Waals surface area contributed by atoms with E-state index in [0.717, 1.165) is 16.7 Å². The molecule has 130 valence electrons. The third-order valence-electron chi connectivity index (χ3n) is 3.79. The summed E-state index contributed by atoms with van der Waals surface area (Å²) < 4.78 is 0. The SMILES string of the molecule is CC1(C)N=C(N)N=C(N)N1OCc1cccc(-c2ccccc2Cl)c1. The molecule has 0 spiro atoms. The number of hydroxylamine groups is 2. The molecule has 0 aliphatic carbocycles. The van der Waals surface area contributed by atoms with E-state index in [9.17, 15) is 0 Å². The predicted octanol–water partition coefficient (Wildman–Crippen LogP) is 3.12. The fourth-order valence-corrected chi connectivity index (χ4v) is 2.93. The fourth-order valence-electron chi connectivity index (χ4n) is 2.68. The Kier molecular flexibility index (Phi) is 4.65. The molecule has 0 atom stereocenters. The molecule has 0 saturated carbocycles. The summed E-state index contributed by atoms with van der Waals surface area (Å²) >= 11 is 6.28. The number of benzene rings is 2. The van der Waals surface area contributed by atoms with Gasteiger partial charge in [0.2, 0.25) is 11.9 Å². The lowest BCUT2D eigenvalue weighted by atomic mass is 10.0. The lowest BCUT2D eigenvalue weighted by Gasteiger charge is -2.36. The number of nitrogens with two attached hydrogens (primary N) is 2. The Morgan fingerprint density at radius 2 is 1.88 bits per heavy atom. The smallest absolute Gasteiger partial charge is 0.226 e. The first-order chi connectivity index (χ1) is 11.9. The minimum atomic E-state index is -0.726. The Labute approximate surface area is 151 Å². The molecule has 0 bridgehead atoms. The van der Waals surface area contributed by atoms with Crippen molar-refractivity contribution in [1.82, 2.24) is 5.06 Å². The summed E-state index contributed by atoms with van der Waals surface area (Å²) in [5.74, 6) is 0.322. The Bertz CT molecular complexity index is 847. The van der Waals surface area contributed by atoms with Crippen molar-refractivity contribution < 1.29 is 4.84 Å². The van der Waals surface area contributed by atoms with Crippen LogP contribution in [0.4, 0.5) is 0 Å². The molecule has 0 radical (unpaired) electrons. The van der Waals surface area contributed by atoms with Crippen molar-refractivity contribution in [3.8, 4) is 11.1 Å². The third-order valence-corrected chi connectivity index (χ3v) is 4.12. The van der Waals surface area contributed by atoms with E-state index in [0.29, 0.717) is 11.6 Å². The van der Waals surface area contributed by atoms with Gasteiger partial charge < -0.3 is 11.5 Å². The van der Waals surface area contributed by atoms with Crippen molar-refractivity contribution in [1.29, 1.82) is 0 Å². The van der Waals surface area contributed by atoms with Crippen LogP contribution >= 0.6 is 11.6 Å². The number of halogens is 1. The Hall–Kier alpha value is -2.57. The topological polar surface area (TPSA) is 89.2 Å². The lowest BCUT2D eigenvalue weighted by molar-refractivity contribution is -0.166. The standard InChI is InChI=1S/C18H20ClN5O/c1-18(2)23-16(20)22-17(21)24(18)25-11-12-6-5-7-13(10-12)14-8-3-4-9-15(14)19/h3-10H,11H2,1-2H3,(H4,20,21,22,23). The molecule has 7 heteroatoms. The minimum Gasteiger partial charge on any atom is -0.368 e.